The Bertz CT molecular complexity index is 326. The van der Waals surface area contributed by atoms with Crippen molar-refractivity contribution >= 4 is 0 Å². The maximum Gasteiger partial charge on any atom is 0.119 e. The zero-order valence-electron chi connectivity index (χ0n) is 11.7. The Balaban J connectivity index is 2.16. The Morgan fingerprint density at radius 3 is 2.72 bits per heavy atom. The quantitative estimate of drug-likeness (QED) is 0.685. The zero-order valence-corrected chi connectivity index (χ0v) is 11.7. The lowest BCUT2D eigenvalue weighted by Gasteiger charge is -2.09. The van der Waals surface area contributed by atoms with Gasteiger partial charge in [0.2, 0.25) is 0 Å². The smallest absolute Gasteiger partial charge is 0.119 e. The Kier molecular flexibility index (Phi) is 7.46. The summed E-state index contributed by atoms with van der Waals surface area (Å²) >= 11 is 0. The average Bonchev–Trinajstić information content (AvgIpc) is 2.34. The maximum atomic E-state index is 5.65. The van der Waals surface area contributed by atoms with E-state index in [1.807, 2.05) is 19.2 Å². The van der Waals surface area contributed by atoms with Crippen LogP contribution >= 0.6 is 0 Å². The lowest BCUT2D eigenvalue weighted by Crippen LogP contribution is -2.09. The van der Waals surface area contributed by atoms with Crippen LogP contribution in [0.3, 0.4) is 0 Å². The summed E-state index contributed by atoms with van der Waals surface area (Å²) in [5, 5.41) is 3.13. The summed E-state index contributed by atoms with van der Waals surface area (Å²) in [7, 11) is 1.94. The summed E-state index contributed by atoms with van der Waals surface area (Å²) in [5.41, 5.74) is 1.23. The lowest BCUT2D eigenvalue weighted by molar-refractivity contribution is 0.0925. The van der Waals surface area contributed by atoms with Crippen molar-refractivity contribution in [2.24, 2.45) is 5.92 Å². The molecule has 0 spiro atoms. The van der Waals surface area contributed by atoms with Crippen LogP contribution in [0.2, 0.25) is 0 Å². The highest BCUT2D eigenvalue weighted by atomic mass is 16.5. The van der Waals surface area contributed by atoms with E-state index in [0.717, 1.165) is 25.3 Å². The fraction of sp³-hybridized carbons (Fsp3) is 0.600. The van der Waals surface area contributed by atoms with Crippen molar-refractivity contribution in [2.45, 2.75) is 26.8 Å². The minimum Gasteiger partial charge on any atom is -0.491 e. The van der Waals surface area contributed by atoms with Crippen LogP contribution in [0.4, 0.5) is 0 Å². The minimum absolute atomic E-state index is 0.612. The molecular weight excluding hydrogens is 226 g/mol. The van der Waals surface area contributed by atoms with E-state index >= 15 is 0 Å². The van der Waals surface area contributed by atoms with Gasteiger partial charge in [0.1, 0.15) is 12.4 Å². The van der Waals surface area contributed by atoms with E-state index in [0.29, 0.717) is 19.1 Å². The van der Waals surface area contributed by atoms with E-state index in [1.165, 1.54) is 5.56 Å². The summed E-state index contributed by atoms with van der Waals surface area (Å²) < 4.78 is 11.2. The van der Waals surface area contributed by atoms with Crippen molar-refractivity contribution in [1.82, 2.24) is 5.32 Å². The molecule has 0 unspecified atom stereocenters. The lowest BCUT2D eigenvalue weighted by atomic mass is 10.1. The largest absolute Gasteiger partial charge is 0.491 e. The molecule has 1 aromatic rings. The first kappa shape index (κ1) is 15.0. The molecule has 0 bridgehead atoms. The van der Waals surface area contributed by atoms with Gasteiger partial charge in [-0.2, -0.15) is 0 Å². The van der Waals surface area contributed by atoms with Gasteiger partial charge in [-0.3, -0.25) is 0 Å². The molecule has 0 saturated heterocycles. The van der Waals surface area contributed by atoms with Gasteiger partial charge in [0.05, 0.1) is 6.61 Å². The highest BCUT2D eigenvalue weighted by Gasteiger charge is 1.97. The first-order valence-corrected chi connectivity index (χ1v) is 6.66. The number of hydrogen-bond donors (Lipinski definition) is 1. The van der Waals surface area contributed by atoms with Crippen molar-refractivity contribution in [3.05, 3.63) is 29.8 Å². The molecule has 102 valence electrons. The van der Waals surface area contributed by atoms with Crippen molar-refractivity contribution in [3.8, 4) is 5.75 Å². The fourth-order valence-corrected chi connectivity index (χ4v) is 1.59. The second-order valence-corrected chi connectivity index (χ2v) is 4.82. The van der Waals surface area contributed by atoms with Gasteiger partial charge in [0, 0.05) is 13.2 Å². The van der Waals surface area contributed by atoms with Crippen LogP contribution in [-0.4, -0.2) is 26.9 Å². The molecule has 0 aliphatic rings. The third kappa shape index (κ3) is 6.62. The fourth-order valence-electron chi connectivity index (χ4n) is 1.59. The van der Waals surface area contributed by atoms with E-state index in [1.54, 1.807) is 0 Å². The van der Waals surface area contributed by atoms with E-state index in [4.69, 9.17) is 9.47 Å². The Morgan fingerprint density at radius 2 is 2.00 bits per heavy atom. The Labute approximate surface area is 110 Å². The second kappa shape index (κ2) is 8.95. The standard InChI is InChI=1S/C15H25NO2/c1-13(2)7-8-17-9-10-18-15-6-4-5-14(11-15)12-16-3/h4-6,11,13,16H,7-10,12H2,1-3H3. The summed E-state index contributed by atoms with van der Waals surface area (Å²) in [6, 6.07) is 8.14. The molecule has 0 saturated carbocycles. The molecule has 0 heterocycles. The van der Waals surface area contributed by atoms with Gasteiger partial charge in [-0.15, -0.1) is 0 Å². The van der Waals surface area contributed by atoms with E-state index in [2.05, 4.69) is 31.3 Å². The van der Waals surface area contributed by atoms with Gasteiger partial charge < -0.3 is 14.8 Å². The van der Waals surface area contributed by atoms with Crippen LogP contribution in [-0.2, 0) is 11.3 Å². The highest BCUT2D eigenvalue weighted by Crippen LogP contribution is 2.13. The topological polar surface area (TPSA) is 30.5 Å². The first-order valence-electron chi connectivity index (χ1n) is 6.66. The normalized spacial score (nSPS) is 10.9. The number of benzene rings is 1. The zero-order chi connectivity index (χ0) is 13.2. The SMILES string of the molecule is CNCc1cccc(OCCOCCC(C)C)c1. The maximum absolute atomic E-state index is 5.65. The molecule has 1 aromatic carbocycles. The molecule has 1 N–H and O–H groups in total. The predicted octanol–water partition coefficient (Wildman–Crippen LogP) is 2.85. The second-order valence-electron chi connectivity index (χ2n) is 4.82. The first-order chi connectivity index (χ1) is 8.72. The summed E-state index contributed by atoms with van der Waals surface area (Å²) in [6.07, 6.45) is 1.11. The molecule has 0 atom stereocenters. The van der Waals surface area contributed by atoms with Crippen LogP contribution in [0.5, 0.6) is 5.75 Å². The van der Waals surface area contributed by atoms with Crippen molar-refractivity contribution in [3.63, 3.8) is 0 Å². The molecule has 0 radical (unpaired) electrons. The monoisotopic (exact) mass is 251 g/mol. The molecule has 0 amide bonds. The van der Waals surface area contributed by atoms with E-state index < -0.39 is 0 Å². The molecule has 0 fully saturated rings. The number of nitrogens with one attached hydrogen (secondary N) is 1. The third-order valence-corrected chi connectivity index (χ3v) is 2.62. The van der Waals surface area contributed by atoms with E-state index in [9.17, 15) is 0 Å². The van der Waals surface area contributed by atoms with Crippen molar-refractivity contribution in [2.75, 3.05) is 26.9 Å². The molecule has 0 aliphatic heterocycles. The van der Waals surface area contributed by atoms with Crippen LogP contribution in [0.25, 0.3) is 0 Å². The van der Waals surface area contributed by atoms with Crippen LogP contribution in [0.1, 0.15) is 25.8 Å². The Hall–Kier alpha value is -1.06. The van der Waals surface area contributed by atoms with Crippen molar-refractivity contribution < 1.29 is 9.47 Å². The Morgan fingerprint density at radius 1 is 1.17 bits per heavy atom. The van der Waals surface area contributed by atoms with Gasteiger partial charge in [0.25, 0.3) is 0 Å². The molecule has 3 heteroatoms. The van der Waals surface area contributed by atoms with Gasteiger partial charge in [0.15, 0.2) is 0 Å². The molecule has 0 aromatic heterocycles. The molecular formula is C15H25NO2. The summed E-state index contributed by atoms with van der Waals surface area (Å²) in [4.78, 5) is 0. The minimum atomic E-state index is 0.612. The van der Waals surface area contributed by atoms with Crippen molar-refractivity contribution in [1.29, 1.82) is 0 Å². The molecule has 18 heavy (non-hydrogen) atoms. The molecule has 0 aliphatic carbocycles. The van der Waals surface area contributed by atoms with Crippen LogP contribution in [0, 0.1) is 5.92 Å². The van der Waals surface area contributed by atoms with Crippen LogP contribution in [0.15, 0.2) is 24.3 Å². The number of hydrogen-bond acceptors (Lipinski definition) is 3. The average molecular weight is 251 g/mol. The molecule has 3 nitrogen and oxygen atoms in total. The van der Waals surface area contributed by atoms with Gasteiger partial charge in [-0.1, -0.05) is 26.0 Å². The van der Waals surface area contributed by atoms with Gasteiger partial charge in [-0.05, 0) is 37.1 Å². The van der Waals surface area contributed by atoms with Gasteiger partial charge >= 0.3 is 0 Å². The summed E-state index contributed by atoms with van der Waals surface area (Å²) in [5.74, 6) is 1.61. The number of rotatable bonds is 9. The highest BCUT2D eigenvalue weighted by molar-refractivity contribution is 5.28. The molecule has 1 rings (SSSR count). The third-order valence-electron chi connectivity index (χ3n) is 2.62. The van der Waals surface area contributed by atoms with E-state index in [-0.39, 0.29) is 0 Å². The predicted molar refractivity (Wildman–Crippen MR) is 75.0 cm³/mol. The number of ether oxygens (including phenoxy) is 2. The van der Waals surface area contributed by atoms with Gasteiger partial charge in [-0.25, -0.2) is 0 Å². The van der Waals surface area contributed by atoms with Crippen LogP contribution < -0.4 is 10.1 Å². The summed E-state index contributed by atoms with van der Waals surface area (Å²) in [6.45, 7) is 7.35.